The fourth-order valence-corrected chi connectivity index (χ4v) is 2.15. The van der Waals surface area contributed by atoms with Gasteiger partial charge in [0, 0.05) is 6.54 Å². The number of hydrogen-bond donors (Lipinski definition) is 1. The summed E-state index contributed by atoms with van der Waals surface area (Å²) in [5.74, 6) is -0.147. The smallest absolute Gasteiger partial charge is 0.259 e. The molecule has 0 aliphatic carbocycles. The van der Waals surface area contributed by atoms with Crippen molar-refractivity contribution < 1.29 is 4.79 Å². The Bertz CT molecular complexity index is 598. The van der Waals surface area contributed by atoms with E-state index < -0.39 is 0 Å². The van der Waals surface area contributed by atoms with Gasteiger partial charge in [-0.05, 0) is 31.2 Å². The third-order valence-corrected chi connectivity index (χ3v) is 3.22. The highest BCUT2D eigenvalue weighted by Gasteiger charge is 2.19. The van der Waals surface area contributed by atoms with E-state index in [-0.39, 0.29) is 5.91 Å². The van der Waals surface area contributed by atoms with Crippen LogP contribution in [0.3, 0.4) is 0 Å². The second kappa shape index (κ2) is 5.76. The number of nitrogen functional groups attached to an aromatic ring is 1. The highest BCUT2D eigenvalue weighted by molar-refractivity contribution is 6.34. The van der Waals surface area contributed by atoms with Gasteiger partial charge < -0.3 is 10.6 Å². The summed E-state index contributed by atoms with van der Waals surface area (Å²) in [6.07, 6.45) is 0. The van der Waals surface area contributed by atoms with Gasteiger partial charge in [0.25, 0.3) is 5.91 Å². The number of hydrogen-bond acceptors (Lipinski definition) is 2. The van der Waals surface area contributed by atoms with Gasteiger partial charge in [0.2, 0.25) is 0 Å². The van der Waals surface area contributed by atoms with Crippen molar-refractivity contribution in [1.82, 2.24) is 0 Å². The lowest BCUT2D eigenvalue weighted by Crippen LogP contribution is -2.31. The molecule has 0 aromatic heterocycles. The van der Waals surface area contributed by atoms with E-state index in [0.717, 1.165) is 0 Å². The van der Waals surface area contributed by atoms with Gasteiger partial charge in [0.15, 0.2) is 0 Å². The number of nitrogens with zero attached hydrogens (tertiary/aromatic N) is 1. The van der Waals surface area contributed by atoms with Crippen LogP contribution in [0.5, 0.6) is 0 Å². The normalized spacial score (nSPS) is 10.2. The predicted molar refractivity (Wildman–Crippen MR) is 79.7 cm³/mol. The SMILES string of the molecule is CCN(C(=O)c1ccccc1Cl)c1ccccc1N. The van der Waals surface area contributed by atoms with Crippen LogP contribution in [0.25, 0.3) is 0 Å². The summed E-state index contributed by atoms with van der Waals surface area (Å²) in [6, 6.07) is 14.3. The Hall–Kier alpha value is -2.00. The van der Waals surface area contributed by atoms with E-state index in [9.17, 15) is 4.79 Å². The van der Waals surface area contributed by atoms with Crippen molar-refractivity contribution >= 4 is 28.9 Å². The van der Waals surface area contributed by atoms with E-state index in [1.165, 1.54) is 0 Å². The Balaban J connectivity index is 2.41. The van der Waals surface area contributed by atoms with E-state index in [4.69, 9.17) is 17.3 Å². The zero-order chi connectivity index (χ0) is 13.8. The van der Waals surface area contributed by atoms with Crippen molar-refractivity contribution in [2.75, 3.05) is 17.2 Å². The summed E-state index contributed by atoms with van der Waals surface area (Å²) in [5, 5.41) is 0.445. The molecule has 0 fully saturated rings. The number of anilines is 2. The fourth-order valence-electron chi connectivity index (χ4n) is 1.94. The molecule has 19 heavy (non-hydrogen) atoms. The molecule has 1 amide bonds. The maximum Gasteiger partial charge on any atom is 0.259 e. The second-order valence-corrected chi connectivity index (χ2v) is 4.50. The third-order valence-electron chi connectivity index (χ3n) is 2.89. The molecule has 4 heteroatoms. The summed E-state index contributed by atoms with van der Waals surface area (Å²) in [6.45, 7) is 2.43. The molecule has 2 rings (SSSR count). The van der Waals surface area contributed by atoms with Gasteiger partial charge in [-0.3, -0.25) is 4.79 Å². The van der Waals surface area contributed by atoms with Gasteiger partial charge in [-0.25, -0.2) is 0 Å². The Morgan fingerprint density at radius 2 is 1.79 bits per heavy atom. The summed E-state index contributed by atoms with van der Waals surface area (Å²) in [7, 11) is 0. The topological polar surface area (TPSA) is 46.3 Å². The molecular weight excluding hydrogens is 260 g/mol. The maximum absolute atomic E-state index is 12.5. The van der Waals surface area contributed by atoms with E-state index in [1.54, 1.807) is 35.2 Å². The number of amides is 1. The molecule has 2 aromatic rings. The molecular formula is C15H15ClN2O. The van der Waals surface area contributed by atoms with Crippen molar-refractivity contribution in [3.63, 3.8) is 0 Å². The summed E-state index contributed by atoms with van der Waals surface area (Å²) < 4.78 is 0. The van der Waals surface area contributed by atoms with Crippen LogP contribution in [0.2, 0.25) is 5.02 Å². The minimum Gasteiger partial charge on any atom is -0.397 e. The van der Waals surface area contributed by atoms with Crippen LogP contribution < -0.4 is 10.6 Å². The lowest BCUT2D eigenvalue weighted by atomic mass is 10.1. The Morgan fingerprint density at radius 3 is 2.42 bits per heavy atom. The molecule has 0 spiro atoms. The molecule has 98 valence electrons. The second-order valence-electron chi connectivity index (χ2n) is 4.09. The molecule has 2 aromatic carbocycles. The predicted octanol–water partition coefficient (Wildman–Crippen LogP) is 3.59. The van der Waals surface area contributed by atoms with E-state index in [1.807, 2.05) is 25.1 Å². The molecule has 0 saturated heterocycles. The van der Waals surface area contributed by atoms with Crippen molar-refractivity contribution in [1.29, 1.82) is 0 Å². The van der Waals surface area contributed by atoms with Crippen molar-refractivity contribution in [3.8, 4) is 0 Å². The van der Waals surface area contributed by atoms with Crippen molar-refractivity contribution in [3.05, 3.63) is 59.1 Å². The first-order valence-electron chi connectivity index (χ1n) is 6.06. The van der Waals surface area contributed by atoms with Gasteiger partial charge >= 0.3 is 0 Å². The number of nitrogens with two attached hydrogens (primary N) is 1. The molecule has 3 nitrogen and oxygen atoms in total. The van der Waals surface area contributed by atoms with Gasteiger partial charge in [-0.2, -0.15) is 0 Å². The van der Waals surface area contributed by atoms with Crippen LogP contribution in [0.1, 0.15) is 17.3 Å². The average molecular weight is 275 g/mol. The molecule has 0 aliphatic heterocycles. The molecule has 0 heterocycles. The number of rotatable bonds is 3. The minimum atomic E-state index is -0.147. The Labute approximate surface area is 117 Å². The number of carbonyl (C=O) groups excluding carboxylic acids is 1. The number of carbonyl (C=O) groups is 1. The van der Waals surface area contributed by atoms with Crippen LogP contribution in [0.15, 0.2) is 48.5 Å². The van der Waals surface area contributed by atoms with Crippen molar-refractivity contribution in [2.45, 2.75) is 6.92 Å². The van der Waals surface area contributed by atoms with Gasteiger partial charge in [-0.15, -0.1) is 0 Å². The molecule has 0 unspecified atom stereocenters. The number of halogens is 1. The zero-order valence-corrected chi connectivity index (χ0v) is 11.4. The number of benzene rings is 2. The van der Waals surface area contributed by atoms with Crippen molar-refractivity contribution in [2.24, 2.45) is 0 Å². The first-order valence-corrected chi connectivity index (χ1v) is 6.43. The third kappa shape index (κ3) is 2.71. The van der Waals surface area contributed by atoms with Crippen LogP contribution in [-0.4, -0.2) is 12.5 Å². The standard InChI is InChI=1S/C15H15ClN2O/c1-2-18(14-10-6-5-9-13(14)17)15(19)11-7-3-4-8-12(11)16/h3-10H,2,17H2,1H3. The van der Waals surface area contributed by atoms with E-state index in [2.05, 4.69) is 0 Å². The summed E-state index contributed by atoms with van der Waals surface area (Å²) in [4.78, 5) is 14.2. The fraction of sp³-hybridized carbons (Fsp3) is 0.133. The van der Waals surface area contributed by atoms with Crippen LogP contribution in [0.4, 0.5) is 11.4 Å². The van der Waals surface area contributed by atoms with Crippen LogP contribution in [-0.2, 0) is 0 Å². The molecule has 0 bridgehead atoms. The molecule has 0 radical (unpaired) electrons. The average Bonchev–Trinajstić information content (AvgIpc) is 2.42. The first-order chi connectivity index (χ1) is 9.15. The molecule has 0 atom stereocenters. The van der Waals surface area contributed by atoms with Crippen LogP contribution >= 0.6 is 11.6 Å². The van der Waals surface area contributed by atoms with Gasteiger partial charge in [0.05, 0.1) is 22.0 Å². The molecule has 0 saturated carbocycles. The lowest BCUT2D eigenvalue weighted by Gasteiger charge is -2.23. The molecule has 2 N–H and O–H groups in total. The number of para-hydroxylation sites is 2. The molecule has 0 aliphatic rings. The summed E-state index contributed by atoms with van der Waals surface area (Å²) in [5.41, 5.74) is 7.68. The highest BCUT2D eigenvalue weighted by Crippen LogP contribution is 2.26. The lowest BCUT2D eigenvalue weighted by molar-refractivity contribution is 0.0988. The quantitative estimate of drug-likeness (QED) is 0.870. The summed E-state index contributed by atoms with van der Waals surface area (Å²) >= 11 is 6.07. The Morgan fingerprint density at radius 1 is 1.16 bits per heavy atom. The van der Waals surface area contributed by atoms with Gasteiger partial charge in [-0.1, -0.05) is 35.9 Å². The zero-order valence-electron chi connectivity index (χ0n) is 10.6. The maximum atomic E-state index is 12.5. The largest absolute Gasteiger partial charge is 0.397 e. The van der Waals surface area contributed by atoms with Crippen LogP contribution in [0, 0.1) is 0 Å². The van der Waals surface area contributed by atoms with Gasteiger partial charge in [0.1, 0.15) is 0 Å². The Kier molecular flexibility index (Phi) is 4.07. The van der Waals surface area contributed by atoms with E-state index >= 15 is 0 Å². The highest BCUT2D eigenvalue weighted by atomic mass is 35.5. The monoisotopic (exact) mass is 274 g/mol. The minimum absolute atomic E-state index is 0.147. The first kappa shape index (κ1) is 13.4. The van der Waals surface area contributed by atoms with E-state index in [0.29, 0.717) is 28.5 Å².